The van der Waals surface area contributed by atoms with E-state index < -0.39 is 0 Å². The van der Waals surface area contributed by atoms with Crippen molar-refractivity contribution in [1.29, 1.82) is 0 Å². The zero-order chi connectivity index (χ0) is 43.1. The number of rotatable bonds is 8. The first-order valence-electron chi connectivity index (χ1n) is 21.9. The summed E-state index contributed by atoms with van der Waals surface area (Å²) in [6, 6.07) is 82.7. The third-order valence-corrected chi connectivity index (χ3v) is 12.2. The Morgan fingerprint density at radius 1 is 0.277 bits per heavy atom. The fourth-order valence-electron chi connectivity index (χ4n) is 9.07. The molecule has 304 valence electrons. The van der Waals surface area contributed by atoms with Gasteiger partial charge in [0.25, 0.3) is 0 Å². The van der Waals surface area contributed by atoms with E-state index in [4.69, 9.17) is 19.9 Å². The Labute approximate surface area is 376 Å². The van der Waals surface area contributed by atoms with E-state index >= 15 is 0 Å². The summed E-state index contributed by atoms with van der Waals surface area (Å²) >= 11 is 0. The average Bonchev–Trinajstić information content (AvgIpc) is 3.75. The van der Waals surface area contributed by atoms with E-state index in [0.717, 1.165) is 89.0 Å². The summed E-state index contributed by atoms with van der Waals surface area (Å²) < 4.78 is 2.37. The fraction of sp³-hybridized carbons (Fsp3) is 0. The molecule has 0 saturated carbocycles. The molecule has 65 heavy (non-hydrogen) atoms. The molecular weight excluding hydrogens is 791 g/mol. The Kier molecular flexibility index (Phi) is 9.42. The monoisotopic (exact) mass is 829 g/mol. The molecule has 0 bridgehead atoms. The van der Waals surface area contributed by atoms with Crippen LogP contribution in [0.1, 0.15) is 0 Å². The first-order chi connectivity index (χ1) is 32.2. The fourth-order valence-corrected chi connectivity index (χ4v) is 9.07. The lowest BCUT2D eigenvalue weighted by Crippen LogP contribution is -2.00. The normalized spacial score (nSPS) is 11.4. The lowest BCUT2D eigenvalue weighted by molar-refractivity contribution is 1.07. The minimum absolute atomic E-state index is 0.613. The predicted octanol–water partition coefficient (Wildman–Crippen LogP) is 15.2. The molecule has 0 aliphatic carbocycles. The van der Waals surface area contributed by atoms with Crippen molar-refractivity contribution in [2.45, 2.75) is 0 Å². The molecule has 0 aliphatic rings. The summed E-state index contributed by atoms with van der Waals surface area (Å²) in [4.78, 5) is 20.7. The van der Waals surface area contributed by atoms with Gasteiger partial charge in [0.1, 0.15) is 0 Å². The van der Waals surface area contributed by atoms with Gasteiger partial charge in [-0.1, -0.05) is 194 Å². The SMILES string of the molecule is c1ccc(-c2cc(-c3ccccc3)cc(-c3nc(-c4ccccc4)nc(-c4ccc(-c5ccc(-c6nc7ccccc7c7c8ccccc8n(-c8ccccc8)c67)cc5)cc4)n3)c2)cc1. The maximum absolute atomic E-state index is 5.36. The van der Waals surface area contributed by atoms with Crippen LogP contribution in [0.4, 0.5) is 0 Å². The van der Waals surface area contributed by atoms with Crippen LogP contribution < -0.4 is 0 Å². The van der Waals surface area contributed by atoms with E-state index in [1.807, 2.05) is 42.5 Å². The average molecular weight is 830 g/mol. The van der Waals surface area contributed by atoms with Gasteiger partial charge in [0.15, 0.2) is 17.5 Å². The number of hydrogen-bond donors (Lipinski definition) is 0. The van der Waals surface area contributed by atoms with E-state index in [0.29, 0.717) is 17.5 Å². The molecule has 12 aromatic rings. The van der Waals surface area contributed by atoms with Crippen molar-refractivity contribution in [3.05, 3.63) is 237 Å². The number of para-hydroxylation sites is 3. The summed E-state index contributed by atoms with van der Waals surface area (Å²) in [5.41, 5.74) is 15.8. The van der Waals surface area contributed by atoms with Crippen LogP contribution >= 0.6 is 0 Å². The van der Waals surface area contributed by atoms with Gasteiger partial charge in [-0.25, -0.2) is 19.9 Å². The van der Waals surface area contributed by atoms with Crippen LogP contribution in [0.2, 0.25) is 0 Å². The molecule has 5 heteroatoms. The van der Waals surface area contributed by atoms with Crippen LogP contribution in [0.15, 0.2) is 237 Å². The molecule has 0 radical (unpaired) electrons. The zero-order valence-electron chi connectivity index (χ0n) is 35.3. The second-order valence-corrected chi connectivity index (χ2v) is 16.2. The minimum Gasteiger partial charge on any atom is -0.307 e. The van der Waals surface area contributed by atoms with Crippen molar-refractivity contribution in [3.63, 3.8) is 0 Å². The summed E-state index contributed by atoms with van der Waals surface area (Å²) in [7, 11) is 0. The van der Waals surface area contributed by atoms with Crippen molar-refractivity contribution in [2.24, 2.45) is 0 Å². The first kappa shape index (κ1) is 37.9. The van der Waals surface area contributed by atoms with Gasteiger partial charge in [-0.3, -0.25) is 0 Å². The van der Waals surface area contributed by atoms with E-state index in [2.05, 4.69) is 199 Å². The van der Waals surface area contributed by atoms with Crippen molar-refractivity contribution < 1.29 is 0 Å². The molecule has 0 fully saturated rings. The van der Waals surface area contributed by atoms with Crippen LogP contribution in [0.25, 0.3) is 117 Å². The summed E-state index contributed by atoms with van der Waals surface area (Å²) in [6.45, 7) is 0. The number of nitrogens with zero attached hydrogens (tertiary/aromatic N) is 5. The van der Waals surface area contributed by atoms with Crippen molar-refractivity contribution >= 4 is 32.7 Å². The molecule has 0 aliphatic heterocycles. The van der Waals surface area contributed by atoms with Gasteiger partial charge < -0.3 is 4.57 Å². The van der Waals surface area contributed by atoms with Crippen molar-refractivity contribution in [2.75, 3.05) is 0 Å². The van der Waals surface area contributed by atoms with Gasteiger partial charge in [0.05, 0.1) is 22.2 Å². The van der Waals surface area contributed by atoms with Crippen LogP contribution in [0.5, 0.6) is 0 Å². The Hall–Kier alpha value is -8.80. The molecule has 3 aromatic heterocycles. The maximum Gasteiger partial charge on any atom is 0.164 e. The standard InChI is InChI=1S/C60H39N5/c1-5-17-40(18-6-1)47-37-48(41-19-7-2-8-20-41)39-49(38-47)60-63-58(45-21-9-3-10-22-45)62-59(64-60)46-35-31-43(32-36-46)42-29-33-44(34-30-42)56-57-55(51-25-13-15-27-53(51)61-56)52-26-14-16-28-54(52)65(57)50-23-11-4-12-24-50/h1-39H. The number of fused-ring (bicyclic) bond motifs is 5. The van der Waals surface area contributed by atoms with Gasteiger partial charge in [-0.2, -0.15) is 0 Å². The number of hydrogen-bond acceptors (Lipinski definition) is 4. The highest BCUT2D eigenvalue weighted by atomic mass is 15.0. The van der Waals surface area contributed by atoms with Crippen LogP contribution in [-0.2, 0) is 0 Å². The minimum atomic E-state index is 0.613. The lowest BCUT2D eigenvalue weighted by Gasteiger charge is -2.13. The Morgan fingerprint density at radius 3 is 1.26 bits per heavy atom. The summed E-state index contributed by atoms with van der Waals surface area (Å²) in [5.74, 6) is 1.85. The number of pyridine rings is 1. The smallest absolute Gasteiger partial charge is 0.164 e. The van der Waals surface area contributed by atoms with E-state index in [1.165, 1.54) is 10.8 Å². The quantitative estimate of drug-likeness (QED) is 0.153. The maximum atomic E-state index is 5.36. The summed E-state index contributed by atoms with van der Waals surface area (Å²) in [5, 5.41) is 3.57. The van der Waals surface area contributed by atoms with Gasteiger partial charge in [-0.05, 0) is 75.8 Å². The third kappa shape index (κ3) is 7.02. The third-order valence-electron chi connectivity index (χ3n) is 12.2. The van der Waals surface area contributed by atoms with Crippen LogP contribution in [0, 0.1) is 0 Å². The second-order valence-electron chi connectivity index (χ2n) is 16.2. The van der Waals surface area contributed by atoms with E-state index in [9.17, 15) is 0 Å². The van der Waals surface area contributed by atoms with Crippen LogP contribution in [-0.4, -0.2) is 24.5 Å². The van der Waals surface area contributed by atoms with Gasteiger partial charge in [0, 0.05) is 44.1 Å². The topological polar surface area (TPSA) is 56.5 Å². The first-order valence-corrected chi connectivity index (χ1v) is 21.9. The molecule has 0 N–H and O–H groups in total. The Bertz CT molecular complexity index is 3600. The Balaban J connectivity index is 0.940. The zero-order valence-corrected chi connectivity index (χ0v) is 35.3. The van der Waals surface area contributed by atoms with Crippen molar-refractivity contribution in [1.82, 2.24) is 24.5 Å². The van der Waals surface area contributed by atoms with E-state index in [-0.39, 0.29) is 0 Å². The molecule has 0 spiro atoms. The largest absolute Gasteiger partial charge is 0.307 e. The van der Waals surface area contributed by atoms with Gasteiger partial charge in [-0.15, -0.1) is 0 Å². The summed E-state index contributed by atoms with van der Waals surface area (Å²) in [6.07, 6.45) is 0. The molecular formula is C60H39N5. The lowest BCUT2D eigenvalue weighted by atomic mass is 9.96. The number of aromatic nitrogens is 5. The molecule has 0 amide bonds. The molecule has 0 atom stereocenters. The van der Waals surface area contributed by atoms with Crippen LogP contribution in [0.3, 0.4) is 0 Å². The molecule has 3 heterocycles. The van der Waals surface area contributed by atoms with Crippen molar-refractivity contribution in [3.8, 4) is 84.5 Å². The second kappa shape index (κ2) is 16.2. The molecule has 0 unspecified atom stereocenters. The molecule has 9 aromatic carbocycles. The highest BCUT2D eigenvalue weighted by Crippen LogP contribution is 2.41. The number of benzene rings is 9. The molecule has 0 saturated heterocycles. The van der Waals surface area contributed by atoms with E-state index in [1.54, 1.807) is 0 Å². The molecule has 5 nitrogen and oxygen atoms in total. The Morgan fingerprint density at radius 2 is 0.677 bits per heavy atom. The van der Waals surface area contributed by atoms with Gasteiger partial charge in [0.2, 0.25) is 0 Å². The highest BCUT2D eigenvalue weighted by molar-refractivity contribution is 6.23. The van der Waals surface area contributed by atoms with Gasteiger partial charge >= 0.3 is 0 Å². The molecule has 12 rings (SSSR count). The highest BCUT2D eigenvalue weighted by Gasteiger charge is 2.21. The predicted molar refractivity (Wildman–Crippen MR) is 268 cm³/mol.